The van der Waals surface area contributed by atoms with E-state index in [4.69, 9.17) is 0 Å². The number of aryl methyl sites for hydroxylation is 2. The molecule has 0 spiro atoms. The van der Waals surface area contributed by atoms with Gasteiger partial charge in [0.15, 0.2) is 0 Å². The van der Waals surface area contributed by atoms with Crippen LogP contribution in [0, 0.1) is 0 Å². The summed E-state index contributed by atoms with van der Waals surface area (Å²) in [7, 11) is 0. The summed E-state index contributed by atoms with van der Waals surface area (Å²) in [6.07, 6.45) is 3.50. The van der Waals surface area contributed by atoms with Crippen LogP contribution < -0.4 is 10.6 Å². The number of nitrogens with zero attached hydrogens (tertiary/aromatic N) is 1. The normalized spacial score (nSPS) is 13.8. The summed E-state index contributed by atoms with van der Waals surface area (Å²) in [5.41, 5.74) is 4.53. The third kappa shape index (κ3) is 2.54. The number of benzene rings is 1. The lowest BCUT2D eigenvalue weighted by molar-refractivity contribution is -0.116. The molecule has 0 saturated carbocycles. The van der Waals surface area contributed by atoms with Crippen LogP contribution in [-0.2, 0) is 24.3 Å². The summed E-state index contributed by atoms with van der Waals surface area (Å²) in [5.74, 6) is 0.110. The number of rotatable bonds is 4. The van der Waals surface area contributed by atoms with Crippen molar-refractivity contribution in [2.24, 2.45) is 0 Å². The van der Waals surface area contributed by atoms with Gasteiger partial charge >= 0.3 is 0 Å². The summed E-state index contributed by atoms with van der Waals surface area (Å²) in [5, 5.41) is 6.35. The molecule has 3 rings (SSSR count). The van der Waals surface area contributed by atoms with E-state index in [0.717, 1.165) is 30.9 Å². The van der Waals surface area contributed by atoms with E-state index in [0.29, 0.717) is 6.42 Å². The molecule has 1 aromatic carbocycles. The fraction of sp³-hybridized carbons (Fsp3) is 0.312. The van der Waals surface area contributed by atoms with E-state index in [1.165, 1.54) is 11.3 Å². The Morgan fingerprint density at radius 2 is 2.20 bits per heavy atom. The van der Waals surface area contributed by atoms with E-state index in [-0.39, 0.29) is 5.91 Å². The lowest BCUT2D eigenvalue weighted by atomic mass is 10.0. The number of carbonyl (C=O) groups excluding carboxylic acids is 1. The molecule has 0 saturated heterocycles. The Morgan fingerprint density at radius 3 is 3.05 bits per heavy atom. The van der Waals surface area contributed by atoms with Gasteiger partial charge < -0.3 is 15.2 Å². The molecule has 4 nitrogen and oxygen atoms in total. The third-order valence-electron chi connectivity index (χ3n) is 3.74. The van der Waals surface area contributed by atoms with Crippen molar-refractivity contribution in [3.8, 4) is 0 Å². The standard InChI is InChI=1S/C16H19N3O/c1-2-19-9-3-4-14(19)11-17-13-6-7-15-12(10-13)5-8-16(20)18-15/h3-4,6-7,9-10,17H,2,5,8,11H2,1H3,(H,18,20). The number of fused-ring (bicyclic) bond motifs is 1. The fourth-order valence-corrected chi connectivity index (χ4v) is 2.60. The Hall–Kier alpha value is -2.23. The van der Waals surface area contributed by atoms with E-state index >= 15 is 0 Å². The SMILES string of the molecule is CCn1cccc1CNc1ccc2c(c1)CCC(=O)N2. The molecule has 0 aliphatic carbocycles. The minimum absolute atomic E-state index is 0.110. The van der Waals surface area contributed by atoms with Crippen molar-refractivity contribution < 1.29 is 4.79 Å². The molecule has 4 heteroatoms. The van der Waals surface area contributed by atoms with Crippen LogP contribution >= 0.6 is 0 Å². The van der Waals surface area contributed by atoms with E-state index < -0.39 is 0 Å². The Balaban J connectivity index is 1.71. The second kappa shape index (κ2) is 5.41. The minimum atomic E-state index is 0.110. The van der Waals surface area contributed by atoms with Crippen LogP contribution in [0.4, 0.5) is 11.4 Å². The lowest BCUT2D eigenvalue weighted by Gasteiger charge is -2.18. The van der Waals surface area contributed by atoms with Crippen molar-refractivity contribution in [3.05, 3.63) is 47.8 Å². The average Bonchev–Trinajstić information content (AvgIpc) is 2.92. The molecular weight excluding hydrogens is 250 g/mol. The second-order valence-corrected chi connectivity index (χ2v) is 5.06. The highest BCUT2D eigenvalue weighted by atomic mass is 16.1. The number of aromatic nitrogens is 1. The first-order valence-corrected chi connectivity index (χ1v) is 7.07. The third-order valence-corrected chi connectivity index (χ3v) is 3.74. The molecule has 0 bridgehead atoms. The number of hydrogen-bond donors (Lipinski definition) is 2. The van der Waals surface area contributed by atoms with Crippen LogP contribution in [0.5, 0.6) is 0 Å². The van der Waals surface area contributed by atoms with E-state index in [1.807, 2.05) is 12.1 Å². The highest BCUT2D eigenvalue weighted by Crippen LogP contribution is 2.25. The Bertz CT molecular complexity index is 630. The van der Waals surface area contributed by atoms with Gasteiger partial charge in [0, 0.05) is 36.2 Å². The first kappa shape index (κ1) is 12.8. The zero-order valence-corrected chi connectivity index (χ0v) is 11.6. The molecule has 1 aliphatic heterocycles. The molecule has 1 aromatic heterocycles. The lowest BCUT2D eigenvalue weighted by Crippen LogP contribution is -2.19. The summed E-state index contributed by atoms with van der Waals surface area (Å²) in [6, 6.07) is 10.3. The molecule has 1 amide bonds. The highest BCUT2D eigenvalue weighted by Gasteiger charge is 2.14. The van der Waals surface area contributed by atoms with Gasteiger partial charge in [0.25, 0.3) is 0 Å². The van der Waals surface area contributed by atoms with Crippen molar-refractivity contribution in [1.82, 2.24) is 4.57 Å². The van der Waals surface area contributed by atoms with E-state index in [9.17, 15) is 4.79 Å². The summed E-state index contributed by atoms with van der Waals surface area (Å²) in [6.45, 7) is 3.94. The maximum atomic E-state index is 11.3. The summed E-state index contributed by atoms with van der Waals surface area (Å²) < 4.78 is 2.23. The van der Waals surface area contributed by atoms with Crippen molar-refractivity contribution in [2.45, 2.75) is 32.9 Å². The monoisotopic (exact) mass is 269 g/mol. The molecule has 20 heavy (non-hydrogen) atoms. The molecule has 0 radical (unpaired) electrons. The first-order valence-electron chi connectivity index (χ1n) is 7.07. The Morgan fingerprint density at radius 1 is 1.30 bits per heavy atom. The molecule has 0 fully saturated rings. The van der Waals surface area contributed by atoms with Crippen molar-refractivity contribution in [2.75, 3.05) is 10.6 Å². The van der Waals surface area contributed by atoms with Crippen molar-refractivity contribution in [3.63, 3.8) is 0 Å². The topological polar surface area (TPSA) is 46.1 Å². The van der Waals surface area contributed by atoms with Gasteiger partial charge in [-0.25, -0.2) is 0 Å². The molecule has 2 N–H and O–H groups in total. The van der Waals surface area contributed by atoms with Crippen LogP contribution in [0.1, 0.15) is 24.6 Å². The number of hydrogen-bond acceptors (Lipinski definition) is 2. The van der Waals surface area contributed by atoms with Crippen molar-refractivity contribution >= 4 is 17.3 Å². The quantitative estimate of drug-likeness (QED) is 0.896. The van der Waals surface area contributed by atoms with Gasteiger partial charge in [-0.1, -0.05) is 0 Å². The van der Waals surface area contributed by atoms with Gasteiger partial charge in [-0.05, 0) is 49.2 Å². The van der Waals surface area contributed by atoms with Gasteiger partial charge in [-0.3, -0.25) is 4.79 Å². The molecule has 104 valence electrons. The molecule has 0 unspecified atom stereocenters. The highest BCUT2D eigenvalue weighted by molar-refractivity contribution is 5.94. The summed E-state index contributed by atoms with van der Waals surface area (Å²) >= 11 is 0. The maximum absolute atomic E-state index is 11.3. The molecule has 2 aromatic rings. The molecule has 1 aliphatic rings. The molecule has 2 heterocycles. The second-order valence-electron chi connectivity index (χ2n) is 5.06. The fourth-order valence-electron chi connectivity index (χ4n) is 2.60. The Kier molecular flexibility index (Phi) is 3.46. The van der Waals surface area contributed by atoms with Crippen LogP contribution in [0.2, 0.25) is 0 Å². The number of amides is 1. The zero-order valence-electron chi connectivity index (χ0n) is 11.6. The van der Waals surface area contributed by atoms with Gasteiger partial charge in [0.1, 0.15) is 0 Å². The number of nitrogens with one attached hydrogen (secondary N) is 2. The molecular formula is C16H19N3O. The van der Waals surface area contributed by atoms with Gasteiger partial charge in [0.2, 0.25) is 5.91 Å². The van der Waals surface area contributed by atoms with Crippen molar-refractivity contribution in [1.29, 1.82) is 0 Å². The van der Waals surface area contributed by atoms with Gasteiger partial charge in [-0.15, -0.1) is 0 Å². The van der Waals surface area contributed by atoms with E-state index in [2.05, 4.69) is 46.5 Å². The largest absolute Gasteiger partial charge is 0.379 e. The summed E-state index contributed by atoms with van der Waals surface area (Å²) in [4.78, 5) is 11.3. The Labute approximate surface area is 118 Å². The molecule has 0 atom stereocenters. The van der Waals surface area contributed by atoms with Gasteiger partial charge in [-0.2, -0.15) is 0 Å². The van der Waals surface area contributed by atoms with Gasteiger partial charge in [0.05, 0.1) is 6.54 Å². The number of anilines is 2. The van der Waals surface area contributed by atoms with Crippen LogP contribution in [-0.4, -0.2) is 10.5 Å². The van der Waals surface area contributed by atoms with E-state index in [1.54, 1.807) is 0 Å². The maximum Gasteiger partial charge on any atom is 0.224 e. The zero-order chi connectivity index (χ0) is 13.9. The van der Waals surface area contributed by atoms with Crippen LogP contribution in [0.3, 0.4) is 0 Å². The minimum Gasteiger partial charge on any atom is -0.379 e. The smallest absolute Gasteiger partial charge is 0.224 e. The average molecular weight is 269 g/mol. The predicted octanol–water partition coefficient (Wildman–Crippen LogP) is 3.00. The first-order chi connectivity index (χ1) is 9.76. The number of carbonyl (C=O) groups is 1. The van der Waals surface area contributed by atoms with Crippen LogP contribution in [0.15, 0.2) is 36.5 Å². The van der Waals surface area contributed by atoms with Crippen LogP contribution in [0.25, 0.3) is 0 Å². The predicted molar refractivity (Wildman–Crippen MR) is 80.8 cm³/mol.